The minimum atomic E-state index is 0.344. The van der Waals surface area contributed by atoms with E-state index in [-0.39, 0.29) is 0 Å². The molecule has 0 amide bonds. The maximum absolute atomic E-state index is 6.22. The lowest BCUT2D eigenvalue weighted by atomic mass is 10.0. The van der Waals surface area contributed by atoms with Gasteiger partial charge in [0.05, 0.1) is 0 Å². The predicted octanol–water partition coefficient (Wildman–Crippen LogP) is 4.84. The van der Waals surface area contributed by atoms with Gasteiger partial charge in [0.15, 0.2) is 0 Å². The van der Waals surface area contributed by atoms with Gasteiger partial charge in [0.1, 0.15) is 11.9 Å². The minimum Gasteiger partial charge on any atom is -0.489 e. The SMILES string of the molecule is CCCCCN1CCC(Oc2ccc(C(C)C)cc2)C1C. The molecular formula is C19H31NO. The van der Waals surface area contributed by atoms with Crippen LogP contribution in [0.3, 0.4) is 0 Å². The highest BCUT2D eigenvalue weighted by Gasteiger charge is 2.31. The molecule has 21 heavy (non-hydrogen) atoms. The molecule has 2 unspecified atom stereocenters. The van der Waals surface area contributed by atoms with E-state index in [1.165, 1.54) is 37.9 Å². The second-order valence-corrected chi connectivity index (χ2v) is 6.65. The Labute approximate surface area is 130 Å². The van der Waals surface area contributed by atoms with Gasteiger partial charge in [0.25, 0.3) is 0 Å². The van der Waals surface area contributed by atoms with Gasteiger partial charge in [0.2, 0.25) is 0 Å². The first-order valence-corrected chi connectivity index (χ1v) is 8.62. The molecule has 1 aliphatic rings. The highest BCUT2D eigenvalue weighted by atomic mass is 16.5. The standard InChI is InChI=1S/C19H31NO/c1-5-6-7-13-20-14-12-19(16(20)4)21-18-10-8-17(9-11-18)15(2)3/h8-11,15-16,19H,5-7,12-14H2,1-4H3. The average Bonchev–Trinajstić information content (AvgIpc) is 2.81. The monoisotopic (exact) mass is 289 g/mol. The van der Waals surface area contributed by atoms with Crippen LogP contribution in [0.5, 0.6) is 5.75 Å². The largest absolute Gasteiger partial charge is 0.489 e. The summed E-state index contributed by atoms with van der Waals surface area (Å²) >= 11 is 0. The van der Waals surface area contributed by atoms with E-state index in [0.717, 1.165) is 12.2 Å². The van der Waals surface area contributed by atoms with E-state index in [9.17, 15) is 0 Å². The predicted molar refractivity (Wildman–Crippen MR) is 90.1 cm³/mol. The number of hydrogen-bond donors (Lipinski definition) is 0. The summed E-state index contributed by atoms with van der Waals surface area (Å²) in [6, 6.07) is 9.17. The van der Waals surface area contributed by atoms with Crippen LogP contribution in [0.2, 0.25) is 0 Å². The molecule has 0 spiro atoms. The van der Waals surface area contributed by atoms with E-state index < -0.39 is 0 Å². The first-order valence-electron chi connectivity index (χ1n) is 8.62. The third-order valence-corrected chi connectivity index (χ3v) is 4.70. The van der Waals surface area contributed by atoms with Gasteiger partial charge in [-0.05, 0) is 49.9 Å². The summed E-state index contributed by atoms with van der Waals surface area (Å²) in [4.78, 5) is 2.59. The highest BCUT2D eigenvalue weighted by Crippen LogP contribution is 2.25. The van der Waals surface area contributed by atoms with Crippen LogP contribution < -0.4 is 4.74 Å². The molecule has 0 radical (unpaired) electrons. The maximum Gasteiger partial charge on any atom is 0.119 e. The van der Waals surface area contributed by atoms with Crippen molar-refractivity contribution in [3.05, 3.63) is 29.8 Å². The molecule has 1 aromatic rings. The Hall–Kier alpha value is -1.02. The van der Waals surface area contributed by atoms with Crippen molar-refractivity contribution in [2.24, 2.45) is 0 Å². The summed E-state index contributed by atoms with van der Waals surface area (Å²) in [5.74, 6) is 1.60. The van der Waals surface area contributed by atoms with Crippen molar-refractivity contribution >= 4 is 0 Å². The molecule has 0 bridgehead atoms. The van der Waals surface area contributed by atoms with Crippen molar-refractivity contribution in [3.63, 3.8) is 0 Å². The first kappa shape index (κ1) is 16.4. The zero-order valence-corrected chi connectivity index (χ0v) is 14.1. The van der Waals surface area contributed by atoms with Crippen LogP contribution in [0.4, 0.5) is 0 Å². The molecule has 118 valence electrons. The smallest absolute Gasteiger partial charge is 0.119 e. The molecule has 1 aliphatic heterocycles. The lowest BCUT2D eigenvalue weighted by molar-refractivity contribution is 0.145. The normalized spacial score (nSPS) is 22.9. The number of hydrogen-bond acceptors (Lipinski definition) is 2. The number of unbranched alkanes of at least 4 members (excludes halogenated alkanes) is 2. The highest BCUT2D eigenvalue weighted by molar-refractivity contribution is 5.29. The molecule has 0 aromatic heterocycles. The molecule has 1 aromatic carbocycles. The zero-order valence-electron chi connectivity index (χ0n) is 14.1. The van der Waals surface area contributed by atoms with Gasteiger partial charge in [-0.15, -0.1) is 0 Å². The fourth-order valence-electron chi connectivity index (χ4n) is 3.12. The Morgan fingerprint density at radius 2 is 1.90 bits per heavy atom. The topological polar surface area (TPSA) is 12.5 Å². The van der Waals surface area contributed by atoms with Crippen molar-refractivity contribution in [3.8, 4) is 5.75 Å². The molecule has 2 nitrogen and oxygen atoms in total. The van der Waals surface area contributed by atoms with Gasteiger partial charge in [0, 0.05) is 12.6 Å². The van der Waals surface area contributed by atoms with Gasteiger partial charge >= 0.3 is 0 Å². The minimum absolute atomic E-state index is 0.344. The van der Waals surface area contributed by atoms with Gasteiger partial charge in [-0.25, -0.2) is 0 Å². The molecular weight excluding hydrogens is 258 g/mol. The number of rotatable bonds is 7. The maximum atomic E-state index is 6.22. The number of ether oxygens (including phenoxy) is 1. The van der Waals surface area contributed by atoms with Crippen molar-refractivity contribution in [2.45, 2.75) is 71.4 Å². The number of nitrogens with zero attached hydrogens (tertiary/aromatic N) is 1. The van der Waals surface area contributed by atoms with Gasteiger partial charge in [-0.3, -0.25) is 4.90 Å². The quantitative estimate of drug-likeness (QED) is 0.666. The van der Waals surface area contributed by atoms with Crippen LogP contribution in [-0.2, 0) is 0 Å². The molecule has 1 saturated heterocycles. The van der Waals surface area contributed by atoms with E-state index >= 15 is 0 Å². The van der Waals surface area contributed by atoms with Crippen molar-refractivity contribution < 1.29 is 4.74 Å². The number of likely N-dealkylation sites (tertiary alicyclic amines) is 1. The number of benzene rings is 1. The zero-order chi connectivity index (χ0) is 15.2. The van der Waals surface area contributed by atoms with Crippen LogP contribution in [0.15, 0.2) is 24.3 Å². The van der Waals surface area contributed by atoms with Crippen LogP contribution in [-0.4, -0.2) is 30.1 Å². The molecule has 2 atom stereocenters. The third-order valence-electron chi connectivity index (χ3n) is 4.70. The first-order chi connectivity index (χ1) is 10.1. The summed E-state index contributed by atoms with van der Waals surface area (Å²) in [7, 11) is 0. The lowest BCUT2D eigenvalue weighted by Crippen LogP contribution is -2.35. The van der Waals surface area contributed by atoms with Crippen molar-refractivity contribution in [1.29, 1.82) is 0 Å². The molecule has 0 N–H and O–H groups in total. The van der Waals surface area contributed by atoms with E-state index in [0.29, 0.717) is 18.1 Å². The molecule has 2 heteroatoms. The fourth-order valence-corrected chi connectivity index (χ4v) is 3.12. The Morgan fingerprint density at radius 3 is 2.52 bits per heavy atom. The van der Waals surface area contributed by atoms with Gasteiger partial charge in [-0.1, -0.05) is 45.7 Å². The van der Waals surface area contributed by atoms with E-state index in [1.54, 1.807) is 0 Å². The summed E-state index contributed by atoms with van der Waals surface area (Å²) < 4.78 is 6.22. The second kappa shape index (κ2) is 7.84. The van der Waals surface area contributed by atoms with Crippen LogP contribution in [0, 0.1) is 0 Å². The van der Waals surface area contributed by atoms with Crippen LogP contribution in [0.1, 0.15) is 64.9 Å². The lowest BCUT2D eigenvalue weighted by Gasteiger charge is -2.25. The van der Waals surface area contributed by atoms with E-state index in [4.69, 9.17) is 4.74 Å². The Bertz CT molecular complexity index is 412. The Balaban J connectivity index is 1.85. The molecule has 0 saturated carbocycles. The Kier molecular flexibility index (Phi) is 6.10. The summed E-state index contributed by atoms with van der Waals surface area (Å²) in [5.41, 5.74) is 1.38. The Morgan fingerprint density at radius 1 is 1.19 bits per heavy atom. The summed E-state index contributed by atoms with van der Waals surface area (Å²) in [5, 5.41) is 0. The molecule has 1 heterocycles. The van der Waals surface area contributed by atoms with Gasteiger partial charge in [-0.2, -0.15) is 0 Å². The van der Waals surface area contributed by atoms with Gasteiger partial charge < -0.3 is 4.74 Å². The third kappa shape index (κ3) is 4.47. The van der Waals surface area contributed by atoms with E-state index in [1.807, 2.05) is 0 Å². The van der Waals surface area contributed by atoms with Crippen molar-refractivity contribution in [2.75, 3.05) is 13.1 Å². The molecule has 0 aliphatic carbocycles. The van der Waals surface area contributed by atoms with Crippen LogP contribution >= 0.6 is 0 Å². The van der Waals surface area contributed by atoms with Crippen molar-refractivity contribution in [1.82, 2.24) is 4.90 Å². The van der Waals surface area contributed by atoms with E-state index in [2.05, 4.69) is 56.9 Å². The summed E-state index contributed by atoms with van der Waals surface area (Å²) in [6.45, 7) is 11.4. The molecule has 2 rings (SSSR count). The van der Waals surface area contributed by atoms with Crippen LogP contribution in [0.25, 0.3) is 0 Å². The second-order valence-electron chi connectivity index (χ2n) is 6.65. The summed E-state index contributed by atoms with van der Waals surface area (Å²) in [6.07, 6.45) is 5.45. The fraction of sp³-hybridized carbons (Fsp3) is 0.684. The average molecular weight is 289 g/mol. The molecule has 1 fully saturated rings.